The van der Waals surface area contributed by atoms with Crippen molar-refractivity contribution in [3.63, 3.8) is 0 Å². The number of nitrogens with zero attached hydrogens (tertiary/aromatic N) is 5. The van der Waals surface area contributed by atoms with Crippen molar-refractivity contribution in [3.8, 4) is 0 Å². The molecular formula is C22H24N8O. The highest BCUT2D eigenvalue weighted by atomic mass is 16.1. The van der Waals surface area contributed by atoms with E-state index in [0.717, 1.165) is 35.7 Å². The number of carbonyl (C=O) groups is 1. The molecule has 5 rings (SSSR count). The Balaban J connectivity index is 1.18. The van der Waals surface area contributed by atoms with Crippen LogP contribution in [0.5, 0.6) is 0 Å². The van der Waals surface area contributed by atoms with Crippen LogP contribution in [0, 0.1) is 0 Å². The molecule has 9 nitrogen and oxygen atoms in total. The van der Waals surface area contributed by atoms with Gasteiger partial charge in [0.25, 0.3) is 5.91 Å². The Morgan fingerprint density at radius 1 is 1.32 bits per heavy atom. The number of rotatable bonds is 7. The van der Waals surface area contributed by atoms with E-state index in [1.54, 1.807) is 6.20 Å². The lowest BCUT2D eigenvalue weighted by atomic mass is 10.2. The number of aliphatic imine (C=N–C) groups is 1. The van der Waals surface area contributed by atoms with Gasteiger partial charge in [0.15, 0.2) is 5.71 Å². The molecular weight excluding hydrogens is 392 g/mol. The van der Waals surface area contributed by atoms with E-state index < -0.39 is 5.91 Å². The van der Waals surface area contributed by atoms with Crippen molar-refractivity contribution in [2.45, 2.75) is 38.3 Å². The van der Waals surface area contributed by atoms with Gasteiger partial charge in [-0.05, 0) is 48.4 Å². The van der Waals surface area contributed by atoms with Crippen molar-refractivity contribution in [1.82, 2.24) is 19.7 Å². The van der Waals surface area contributed by atoms with Crippen molar-refractivity contribution < 1.29 is 4.79 Å². The van der Waals surface area contributed by atoms with Crippen molar-refractivity contribution in [2.24, 2.45) is 15.9 Å². The first-order valence-electron chi connectivity index (χ1n) is 10.4. The molecule has 1 fully saturated rings. The molecule has 9 heteroatoms. The van der Waals surface area contributed by atoms with Gasteiger partial charge in [0.1, 0.15) is 5.65 Å². The number of fused-ring (bicyclic) bond motifs is 2. The van der Waals surface area contributed by atoms with Crippen LogP contribution < -0.4 is 16.5 Å². The van der Waals surface area contributed by atoms with Gasteiger partial charge in [0.05, 0.1) is 42.6 Å². The zero-order chi connectivity index (χ0) is 21.2. The van der Waals surface area contributed by atoms with Gasteiger partial charge in [-0.1, -0.05) is 6.07 Å². The molecule has 3 aromatic rings. The van der Waals surface area contributed by atoms with Gasteiger partial charge in [0.2, 0.25) is 0 Å². The Morgan fingerprint density at radius 2 is 2.23 bits per heavy atom. The fourth-order valence-corrected chi connectivity index (χ4v) is 3.77. The number of nitrogens with one attached hydrogen (secondary N) is 2. The number of anilines is 1. The average molecular weight is 416 g/mol. The summed E-state index contributed by atoms with van der Waals surface area (Å²) in [5.74, 6) is 5.70. The van der Waals surface area contributed by atoms with Crippen LogP contribution in [0.3, 0.4) is 0 Å². The average Bonchev–Trinajstić information content (AvgIpc) is 3.39. The number of amides is 1. The molecule has 0 aromatic carbocycles. The molecule has 1 saturated carbocycles. The van der Waals surface area contributed by atoms with E-state index in [2.05, 4.69) is 43.0 Å². The highest BCUT2D eigenvalue weighted by Crippen LogP contribution is 2.39. The largest absolute Gasteiger partial charge is 0.383 e. The van der Waals surface area contributed by atoms with Gasteiger partial charge >= 0.3 is 0 Å². The molecule has 158 valence electrons. The molecule has 0 radical (unpaired) electrons. The van der Waals surface area contributed by atoms with Crippen LogP contribution in [0.25, 0.3) is 5.65 Å². The van der Waals surface area contributed by atoms with Gasteiger partial charge < -0.3 is 20.9 Å². The van der Waals surface area contributed by atoms with E-state index in [1.807, 2.05) is 22.7 Å². The summed E-state index contributed by atoms with van der Waals surface area (Å²) in [5, 5.41) is 9.63. The minimum absolute atomic E-state index is 0.0580. The molecule has 0 unspecified atom stereocenters. The van der Waals surface area contributed by atoms with Gasteiger partial charge in [-0.3, -0.25) is 14.8 Å². The molecule has 31 heavy (non-hydrogen) atoms. The molecule has 1 aliphatic heterocycles. The third kappa shape index (κ3) is 4.25. The van der Waals surface area contributed by atoms with E-state index in [0.29, 0.717) is 19.0 Å². The topological polar surface area (TPSA) is 122 Å². The summed E-state index contributed by atoms with van der Waals surface area (Å²) < 4.78 is 2.03. The number of hydrazone groups is 1. The first kappa shape index (κ1) is 19.2. The summed E-state index contributed by atoms with van der Waals surface area (Å²) in [5.41, 5.74) is 6.17. The first-order chi connectivity index (χ1) is 15.2. The fraction of sp³-hybridized carbons (Fsp3) is 0.318. The number of imidazole rings is 1. The highest BCUT2D eigenvalue weighted by Gasteiger charge is 2.23. The lowest BCUT2D eigenvalue weighted by molar-refractivity contribution is -0.114. The highest BCUT2D eigenvalue weighted by molar-refractivity contribution is 6.60. The third-order valence-electron chi connectivity index (χ3n) is 5.60. The zero-order valence-electron chi connectivity index (χ0n) is 17.1. The second kappa shape index (κ2) is 8.17. The SMILES string of the molecule is NN=C(C=NCc1cn2cc(C3CC3)ccc2n1)C(=O)NCc1cc2c(cn1)NCC2. The van der Waals surface area contributed by atoms with Gasteiger partial charge in [-0.25, -0.2) is 4.98 Å². The monoisotopic (exact) mass is 416 g/mol. The van der Waals surface area contributed by atoms with E-state index in [9.17, 15) is 4.79 Å². The van der Waals surface area contributed by atoms with Crippen LogP contribution in [0.4, 0.5) is 5.69 Å². The standard InChI is InChI=1S/C22H24N8O/c23-29-20(22(31)27-9-17-7-15-5-6-25-19(15)11-26-17)10-24-8-18-13-30-12-16(14-1-2-14)3-4-21(30)28-18/h3-4,7,10-14,25H,1-2,5-6,8-9,23H2,(H,27,31). The van der Waals surface area contributed by atoms with Crippen molar-refractivity contribution in [3.05, 3.63) is 59.3 Å². The maximum absolute atomic E-state index is 12.4. The summed E-state index contributed by atoms with van der Waals surface area (Å²) in [7, 11) is 0. The van der Waals surface area contributed by atoms with Crippen molar-refractivity contribution in [1.29, 1.82) is 0 Å². The van der Waals surface area contributed by atoms with Crippen LogP contribution in [0.15, 0.2) is 46.9 Å². The van der Waals surface area contributed by atoms with Crippen LogP contribution in [-0.2, 0) is 24.3 Å². The smallest absolute Gasteiger partial charge is 0.273 e. The first-order valence-corrected chi connectivity index (χ1v) is 10.4. The van der Waals surface area contributed by atoms with Crippen LogP contribution in [-0.4, -0.2) is 38.7 Å². The molecule has 2 aliphatic rings. The number of aromatic nitrogens is 3. The van der Waals surface area contributed by atoms with Gasteiger partial charge in [-0.2, -0.15) is 5.10 Å². The summed E-state index contributed by atoms with van der Waals surface area (Å²) >= 11 is 0. The Hall–Kier alpha value is -3.75. The predicted molar refractivity (Wildman–Crippen MR) is 119 cm³/mol. The second-order valence-corrected chi connectivity index (χ2v) is 7.91. The van der Waals surface area contributed by atoms with Crippen LogP contribution >= 0.6 is 0 Å². The lowest BCUT2D eigenvalue weighted by Gasteiger charge is -2.06. The molecule has 0 atom stereocenters. The Kier molecular flexibility index (Phi) is 5.07. The summed E-state index contributed by atoms with van der Waals surface area (Å²) in [6.45, 7) is 1.56. The second-order valence-electron chi connectivity index (χ2n) is 7.91. The maximum Gasteiger partial charge on any atom is 0.273 e. The molecule has 1 amide bonds. The van der Waals surface area contributed by atoms with E-state index >= 15 is 0 Å². The Bertz CT molecular complexity index is 1190. The molecule has 4 N–H and O–H groups in total. The number of carbonyl (C=O) groups excluding carboxylic acids is 1. The minimum atomic E-state index is -0.393. The quantitative estimate of drug-likeness (QED) is 0.308. The van der Waals surface area contributed by atoms with E-state index in [1.165, 1.54) is 30.2 Å². The van der Waals surface area contributed by atoms with E-state index in [4.69, 9.17) is 5.84 Å². The zero-order valence-corrected chi connectivity index (χ0v) is 17.1. The molecule has 0 bridgehead atoms. The third-order valence-corrected chi connectivity index (χ3v) is 5.60. The Morgan fingerprint density at radius 3 is 3.06 bits per heavy atom. The fourth-order valence-electron chi connectivity index (χ4n) is 3.77. The number of hydrogen-bond acceptors (Lipinski definition) is 7. The van der Waals surface area contributed by atoms with Crippen molar-refractivity contribution in [2.75, 3.05) is 11.9 Å². The van der Waals surface area contributed by atoms with Gasteiger partial charge in [0, 0.05) is 18.9 Å². The van der Waals surface area contributed by atoms with Crippen LogP contribution in [0.2, 0.25) is 0 Å². The summed E-state index contributed by atoms with van der Waals surface area (Å²) in [4.78, 5) is 25.6. The number of hydrogen-bond donors (Lipinski definition) is 3. The number of pyridine rings is 2. The summed E-state index contributed by atoms with van der Waals surface area (Å²) in [6.07, 6.45) is 10.8. The molecule has 3 aromatic heterocycles. The molecule has 1 aliphatic carbocycles. The normalized spacial score (nSPS) is 15.9. The predicted octanol–water partition coefficient (Wildman–Crippen LogP) is 1.78. The lowest BCUT2D eigenvalue weighted by Crippen LogP contribution is -2.32. The molecule has 4 heterocycles. The van der Waals surface area contributed by atoms with Gasteiger partial charge in [-0.15, -0.1) is 0 Å². The van der Waals surface area contributed by atoms with Crippen LogP contribution in [0.1, 0.15) is 41.3 Å². The van der Waals surface area contributed by atoms with E-state index in [-0.39, 0.29) is 5.71 Å². The van der Waals surface area contributed by atoms with Crippen molar-refractivity contribution >= 4 is 29.2 Å². The minimum Gasteiger partial charge on any atom is -0.383 e. The molecule has 0 saturated heterocycles. The molecule has 0 spiro atoms. The Labute approximate surface area is 179 Å². The number of nitrogens with two attached hydrogens (primary N) is 1. The summed E-state index contributed by atoms with van der Waals surface area (Å²) in [6, 6.07) is 6.17. The maximum atomic E-state index is 12.4.